The Morgan fingerprint density at radius 3 is 2.67 bits per heavy atom. The Kier molecular flexibility index (Phi) is 3.85. The minimum absolute atomic E-state index is 0.170. The second-order valence-electron chi connectivity index (χ2n) is 2.56. The maximum atomic E-state index is 12.5. The van der Waals surface area contributed by atoms with Gasteiger partial charge in [0.2, 0.25) is 3.70 Å². The number of pyridine rings is 1. The number of rotatable bonds is 3. The maximum absolute atomic E-state index is 12.5. The third-order valence-electron chi connectivity index (χ3n) is 1.65. The molecule has 1 heterocycles. The standard InChI is InChI=1S/C7H5F2IN2O3/c8-6(9)5-3(2-13)1-4(10)11-7(5)12(14)15/h1,6,13H,2H2. The normalized spacial score (nSPS) is 10.7. The van der Waals surface area contributed by atoms with Crippen molar-refractivity contribution in [3.63, 3.8) is 0 Å². The van der Waals surface area contributed by atoms with Crippen LogP contribution in [0.4, 0.5) is 14.6 Å². The zero-order chi connectivity index (χ0) is 11.6. The monoisotopic (exact) mass is 330 g/mol. The van der Waals surface area contributed by atoms with E-state index in [9.17, 15) is 18.9 Å². The Labute approximate surface area is 96.4 Å². The largest absolute Gasteiger partial charge is 0.392 e. The van der Waals surface area contributed by atoms with Gasteiger partial charge in [-0.05, 0) is 15.5 Å². The van der Waals surface area contributed by atoms with Gasteiger partial charge in [0.05, 0.1) is 6.61 Å². The van der Waals surface area contributed by atoms with Gasteiger partial charge in [0.15, 0.2) is 0 Å². The van der Waals surface area contributed by atoms with Gasteiger partial charge < -0.3 is 15.2 Å². The number of nitrogens with zero attached hydrogens (tertiary/aromatic N) is 2. The summed E-state index contributed by atoms with van der Waals surface area (Å²) in [6.45, 7) is -0.682. The third kappa shape index (κ3) is 2.56. The van der Waals surface area contributed by atoms with E-state index in [4.69, 9.17) is 5.11 Å². The first-order chi connectivity index (χ1) is 6.97. The molecule has 0 radical (unpaired) electrons. The highest BCUT2D eigenvalue weighted by Crippen LogP contribution is 2.31. The van der Waals surface area contributed by atoms with E-state index in [0.29, 0.717) is 0 Å². The van der Waals surface area contributed by atoms with Crippen molar-refractivity contribution in [2.75, 3.05) is 0 Å². The van der Waals surface area contributed by atoms with Gasteiger partial charge in [-0.2, -0.15) is 0 Å². The highest BCUT2D eigenvalue weighted by Gasteiger charge is 2.27. The zero-order valence-corrected chi connectivity index (χ0v) is 9.31. The van der Waals surface area contributed by atoms with Crippen LogP contribution in [0.1, 0.15) is 17.6 Å². The lowest BCUT2D eigenvalue weighted by Crippen LogP contribution is -2.05. The first kappa shape index (κ1) is 12.2. The average Bonchev–Trinajstić information content (AvgIpc) is 2.15. The molecule has 15 heavy (non-hydrogen) atoms. The van der Waals surface area contributed by atoms with Gasteiger partial charge in [-0.3, -0.25) is 0 Å². The van der Waals surface area contributed by atoms with Crippen molar-refractivity contribution in [1.29, 1.82) is 0 Å². The summed E-state index contributed by atoms with van der Waals surface area (Å²) in [5, 5.41) is 19.3. The molecule has 0 fully saturated rings. The highest BCUT2D eigenvalue weighted by atomic mass is 127. The van der Waals surface area contributed by atoms with Crippen molar-refractivity contribution in [2.24, 2.45) is 0 Å². The van der Waals surface area contributed by atoms with E-state index >= 15 is 0 Å². The minimum atomic E-state index is -3.03. The summed E-state index contributed by atoms with van der Waals surface area (Å²) in [4.78, 5) is 12.9. The van der Waals surface area contributed by atoms with Crippen LogP contribution in [0.25, 0.3) is 0 Å². The Balaban J connectivity index is 3.47. The third-order valence-corrected chi connectivity index (χ3v) is 2.21. The van der Waals surface area contributed by atoms with Gasteiger partial charge in [-0.25, -0.2) is 8.78 Å². The summed E-state index contributed by atoms with van der Waals surface area (Å²) < 4.78 is 25.2. The lowest BCUT2D eigenvalue weighted by atomic mass is 10.1. The van der Waals surface area contributed by atoms with Gasteiger partial charge in [-0.15, -0.1) is 0 Å². The van der Waals surface area contributed by atoms with Crippen LogP contribution in [0, 0.1) is 13.8 Å². The molecule has 1 N–H and O–H groups in total. The first-order valence-corrected chi connectivity index (χ1v) is 4.78. The Morgan fingerprint density at radius 2 is 2.27 bits per heavy atom. The molecule has 0 aliphatic heterocycles. The number of hydrogen-bond donors (Lipinski definition) is 1. The summed E-state index contributed by atoms with van der Waals surface area (Å²) in [6, 6.07) is 1.19. The number of alkyl halides is 2. The average molecular weight is 330 g/mol. The molecule has 0 unspecified atom stereocenters. The van der Waals surface area contributed by atoms with Crippen LogP contribution in [-0.2, 0) is 6.61 Å². The lowest BCUT2D eigenvalue weighted by Gasteiger charge is -2.06. The van der Waals surface area contributed by atoms with Crippen LogP contribution in [0.15, 0.2) is 6.07 Å². The predicted octanol–water partition coefficient (Wildman–Crippen LogP) is 2.02. The second-order valence-corrected chi connectivity index (χ2v) is 3.66. The van der Waals surface area contributed by atoms with Crippen molar-refractivity contribution in [1.82, 2.24) is 4.98 Å². The van der Waals surface area contributed by atoms with E-state index in [1.165, 1.54) is 6.07 Å². The van der Waals surface area contributed by atoms with Crippen LogP contribution in [0.2, 0.25) is 0 Å². The number of nitro groups is 1. The smallest absolute Gasteiger partial charge is 0.373 e. The van der Waals surface area contributed by atoms with Crippen molar-refractivity contribution >= 4 is 28.4 Å². The van der Waals surface area contributed by atoms with Crippen LogP contribution in [0.5, 0.6) is 0 Å². The van der Waals surface area contributed by atoms with Crippen molar-refractivity contribution in [3.8, 4) is 0 Å². The molecular weight excluding hydrogens is 325 g/mol. The molecule has 1 aromatic heterocycles. The van der Waals surface area contributed by atoms with Crippen molar-refractivity contribution in [3.05, 3.63) is 31.0 Å². The molecule has 0 amide bonds. The molecule has 82 valence electrons. The molecule has 0 aliphatic rings. The van der Waals surface area contributed by atoms with E-state index < -0.39 is 29.3 Å². The van der Waals surface area contributed by atoms with E-state index in [0.717, 1.165) is 0 Å². The Hall–Kier alpha value is -0.900. The molecule has 0 bridgehead atoms. The molecule has 0 saturated heterocycles. The van der Waals surface area contributed by atoms with E-state index in [1.807, 2.05) is 0 Å². The van der Waals surface area contributed by atoms with E-state index in [1.54, 1.807) is 22.6 Å². The fourth-order valence-electron chi connectivity index (χ4n) is 1.07. The van der Waals surface area contributed by atoms with Crippen LogP contribution >= 0.6 is 22.6 Å². The van der Waals surface area contributed by atoms with Crippen LogP contribution < -0.4 is 0 Å². The Bertz CT molecular complexity index is 400. The fourth-order valence-corrected chi connectivity index (χ4v) is 1.67. The quantitative estimate of drug-likeness (QED) is 0.398. The molecule has 0 aromatic carbocycles. The summed E-state index contributed by atoms with van der Waals surface area (Å²) in [5.41, 5.74) is -0.987. The van der Waals surface area contributed by atoms with Crippen molar-refractivity contribution in [2.45, 2.75) is 13.0 Å². The minimum Gasteiger partial charge on any atom is -0.392 e. The molecule has 0 atom stereocenters. The molecule has 0 saturated carbocycles. The zero-order valence-electron chi connectivity index (χ0n) is 7.15. The van der Waals surface area contributed by atoms with Gasteiger partial charge >= 0.3 is 5.82 Å². The van der Waals surface area contributed by atoms with Gasteiger partial charge in [-0.1, -0.05) is 0 Å². The fraction of sp³-hybridized carbons (Fsp3) is 0.286. The van der Waals surface area contributed by atoms with Crippen LogP contribution in [0.3, 0.4) is 0 Å². The number of hydrogen-bond acceptors (Lipinski definition) is 4. The van der Waals surface area contributed by atoms with E-state index in [-0.39, 0.29) is 9.26 Å². The van der Waals surface area contributed by atoms with Gasteiger partial charge in [0, 0.05) is 28.7 Å². The number of halogens is 3. The number of aliphatic hydroxyl groups excluding tert-OH is 1. The maximum Gasteiger partial charge on any atom is 0.373 e. The summed E-state index contributed by atoms with van der Waals surface area (Å²) >= 11 is 1.66. The predicted molar refractivity (Wildman–Crippen MR) is 54.5 cm³/mol. The molecule has 1 rings (SSSR count). The first-order valence-electron chi connectivity index (χ1n) is 3.70. The van der Waals surface area contributed by atoms with E-state index in [2.05, 4.69) is 4.98 Å². The van der Waals surface area contributed by atoms with Crippen LogP contribution in [-0.4, -0.2) is 15.0 Å². The summed E-state index contributed by atoms with van der Waals surface area (Å²) in [6.07, 6.45) is -3.03. The topological polar surface area (TPSA) is 76.3 Å². The number of aliphatic hydroxyl groups is 1. The molecule has 0 aliphatic carbocycles. The molecule has 8 heteroatoms. The van der Waals surface area contributed by atoms with Crippen molar-refractivity contribution < 1.29 is 18.8 Å². The second kappa shape index (κ2) is 4.75. The van der Waals surface area contributed by atoms with Gasteiger partial charge in [0.25, 0.3) is 6.43 Å². The highest BCUT2D eigenvalue weighted by molar-refractivity contribution is 14.1. The molecule has 1 aromatic rings. The summed E-state index contributed by atoms with van der Waals surface area (Å²) in [7, 11) is 0. The molecular formula is C7H5F2IN2O3. The summed E-state index contributed by atoms with van der Waals surface area (Å²) in [5.74, 6) is -0.902. The lowest BCUT2D eigenvalue weighted by molar-refractivity contribution is -0.391. The van der Waals surface area contributed by atoms with Gasteiger partial charge in [0.1, 0.15) is 5.56 Å². The Morgan fingerprint density at radius 1 is 1.67 bits per heavy atom. The molecule has 5 nitrogen and oxygen atoms in total. The number of aromatic nitrogens is 1. The SMILES string of the molecule is O=[N+]([O-])c1nc(I)cc(CO)c1C(F)F. The molecule has 0 spiro atoms.